The highest BCUT2D eigenvalue weighted by molar-refractivity contribution is 5.89. The minimum Gasteiger partial charge on any atom is -0.468 e. The highest BCUT2D eigenvalue weighted by atomic mass is 19.4. The van der Waals surface area contributed by atoms with Crippen molar-refractivity contribution in [3.8, 4) is 5.88 Å². The molecule has 10 heteroatoms. The number of rotatable bonds is 7. The molecule has 7 nitrogen and oxygen atoms in total. The van der Waals surface area contributed by atoms with Crippen LogP contribution >= 0.6 is 0 Å². The minimum atomic E-state index is -4.45. The quantitative estimate of drug-likeness (QED) is 0.716. The maximum Gasteiger partial charge on any atom is 0.422 e. The van der Waals surface area contributed by atoms with Crippen molar-refractivity contribution in [1.29, 1.82) is 0 Å². The Kier molecular flexibility index (Phi) is 6.76. The molecule has 1 saturated heterocycles. The highest BCUT2D eigenvalue weighted by Gasteiger charge is 2.28. The zero-order chi connectivity index (χ0) is 21.6. The number of ether oxygens (including phenoxy) is 1. The number of urea groups is 1. The van der Waals surface area contributed by atoms with Crippen molar-refractivity contribution >= 4 is 17.6 Å². The molecule has 3 rings (SSSR count). The molecule has 0 aliphatic carbocycles. The third-order valence-corrected chi connectivity index (χ3v) is 4.39. The van der Waals surface area contributed by atoms with Gasteiger partial charge in [0.05, 0.1) is 0 Å². The first-order valence-electron chi connectivity index (χ1n) is 9.34. The van der Waals surface area contributed by atoms with E-state index >= 15 is 0 Å². The smallest absolute Gasteiger partial charge is 0.422 e. The molecule has 0 bridgehead atoms. The Bertz CT molecular complexity index is 888. The standard InChI is InChI=1S/C20H21F3N4O3/c21-20(22,23)13-30-17-10-15(7-8-24-17)11-25-19(29)26-16-5-3-14(4-6-16)12-27-9-1-2-18(27)28/h3-8,10H,1-2,9,11-13H2,(H2,25,26,29). The molecule has 0 atom stereocenters. The number of pyridine rings is 1. The van der Waals surface area contributed by atoms with E-state index in [2.05, 4.69) is 20.4 Å². The van der Waals surface area contributed by atoms with Gasteiger partial charge in [0.1, 0.15) is 0 Å². The Morgan fingerprint density at radius 2 is 1.93 bits per heavy atom. The van der Waals surface area contributed by atoms with Gasteiger partial charge in [-0.05, 0) is 35.7 Å². The number of amides is 3. The molecule has 160 valence electrons. The molecule has 1 aromatic carbocycles. The molecule has 3 amide bonds. The maximum absolute atomic E-state index is 12.2. The van der Waals surface area contributed by atoms with E-state index in [4.69, 9.17) is 0 Å². The van der Waals surface area contributed by atoms with Crippen LogP contribution in [0.25, 0.3) is 0 Å². The summed E-state index contributed by atoms with van der Waals surface area (Å²) in [4.78, 5) is 29.3. The van der Waals surface area contributed by atoms with Crippen LogP contribution in [0.3, 0.4) is 0 Å². The van der Waals surface area contributed by atoms with Crippen molar-refractivity contribution in [1.82, 2.24) is 15.2 Å². The van der Waals surface area contributed by atoms with Crippen LogP contribution in [0.15, 0.2) is 42.6 Å². The van der Waals surface area contributed by atoms with Gasteiger partial charge in [0.2, 0.25) is 11.8 Å². The predicted molar refractivity (Wildman–Crippen MR) is 103 cm³/mol. The maximum atomic E-state index is 12.2. The predicted octanol–water partition coefficient (Wildman–Crippen LogP) is 3.47. The number of carbonyl (C=O) groups is 2. The van der Waals surface area contributed by atoms with Gasteiger partial charge in [-0.2, -0.15) is 13.2 Å². The van der Waals surface area contributed by atoms with E-state index < -0.39 is 18.8 Å². The third kappa shape index (κ3) is 6.64. The second-order valence-corrected chi connectivity index (χ2v) is 6.83. The zero-order valence-electron chi connectivity index (χ0n) is 16.0. The van der Waals surface area contributed by atoms with E-state index in [0.29, 0.717) is 24.2 Å². The molecule has 1 fully saturated rings. The van der Waals surface area contributed by atoms with Gasteiger partial charge in [-0.15, -0.1) is 0 Å². The largest absolute Gasteiger partial charge is 0.468 e. The van der Waals surface area contributed by atoms with Crippen molar-refractivity contribution in [3.63, 3.8) is 0 Å². The highest BCUT2D eigenvalue weighted by Crippen LogP contribution is 2.18. The summed E-state index contributed by atoms with van der Waals surface area (Å²) in [6, 6.07) is 9.60. The molecule has 30 heavy (non-hydrogen) atoms. The lowest BCUT2D eigenvalue weighted by atomic mass is 10.2. The Morgan fingerprint density at radius 3 is 2.60 bits per heavy atom. The van der Waals surface area contributed by atoms with Crippen LogP contribution in [0.1, 0.15) is 24.0 Å². The van der Waals surface area contributed by atoms with E-state index in [0.717, 1.165) is 18.5 Å². The molecule has 1 aliphatic heterocycles. The molecule has 1 aromatic heterocycles. The van der Waals surface area contributed by atoms with Crippen molar-refractivity contribution < 1.29 is 27.5 Å². The van der Waals surface area contributed by atoms with Gasteiger partial charge in [-0.1, -0.05) is 12.1 Å². The molecule has 1 aliphatic rings. The van der Waals surface area contributed by atoms with Crippen LogP contribution in [-0.2, 0) is 17.9 Å². The van der Waals surface area contributed by atoms with Crippen LogP contribution in [0, 0.1) is 0 Å². The first-order chi connectivity index (χ1) is 14.3. The Labute approximate surface area is 171 Å². The van der Waals surface area contributed by atoms with Crippen LogP contribution in [0.5, 0.6) is 5.88 Å². The summed E-state index contributed by atoms with van der Waals surface area (Å²) in [6.07, 6.45) is -1.67. The summed E-state index contributed by atoms with van der Waals surface area (Å²) < 4.78 is 41.2. The lowest BCUT2D eigenvalue weighted by Crippen LogP contribution is -2.28. The number of halogens is 3. The van der Waals surface area contributed by atoms with Crippen molar-refractivity contribution in [3.05, 3.63) is 53.7 Å². The fraction of sp³-hybridized carbons (Fsp3) is 0.350. The summed E-state index contributed by atoms with van der Waals surface area (Å²) in [5, 5.41) is 5.29. The van der Waals surface area contributed by atoms with Gasteiger partial charge in [0, 0.05) is 44.0 Å². The van der Waals surface area contributed by atoms with Crippen LogP contribution in [-0.4, -0.2) is 41.2 Å². The summed E-state index contributed by atoms with van der Waals surface area (Å²) in [7, 11) is 0. The number of benzene rings is 1. The first kappa shape index (κ1) is 21.4. The van der Waals surface area contributed by atoms with Crippen molar-refractivity contribution in [2.24, 2.45) is 0 Å². The number of nitrogens with one attached hydrogen (secondary N) is 2. The summed E-state index contributed by atoms with van der Waals surface area (Å²) in [5.74, 6) is -0.0150. The van der Waals surface area contributed by atoms with Crippen molar-refractivity contribution in [2.75, 3.05) is 18.5 Å². The topological polar surface area (TPSA) is 83.6 Å². The third-order valence-electron chi connectivity index (χ3n) is 4.39. The molecular formula is C20H21F3N4O3. The second-order valence-electron chi connectivity index (χ2n) is 6.83. The minimum absolute atomic E-state index is 0.0892. The lowest BCUT2D eigenvalue weighted by molar-refractivity contribution is -0.154. The summed E-state index contributed by atoms with van der Waals surface area (Å²) in [6.45, 7) is -0.0313. The van der Waals surface area contributed by atoms with E-state index in [-0.39, 0.29) is 18.3 Å². The molecule has 0 spiro atoms. The van der Waals surface area contributed by atoms with Crippen molar-refractivity contribution in [2.45, 2.75) is 32.1 Å². The monoisotopic (exact) mass is 422 g/mol. The zero-order valence-corrected chi connectivity index (χ0v) is 16.0. The Hall–Kier alpha value is -3.30. The average molecular weight is 422 g/mol. The number of anilines is 1. The van der Waals surface area contributed by atoms with Gasteiger partial charge in [-0.3, -0.25) is 4.79 Å². The van der Waals surface area contributed by atoms with E-state index in [1.54, 1.807) is 23.1 Å². The lowest BCUT2D eigenvalue weighted by Gasteiger charge is -2.15. The molecule has 0 radical (unpaired) electrons. The number of alkyl halides is 3. The Morgan fingerprint density at radius 1 is 1.17 bits per heavy atom. The van der Waals surface area contributed by atoms with Gasteiger partial charge in [0.15, 0.2) is 6.61 Å². The van der Waals surface area contributed by atoms with Gasteiger partial charge in [-0.25, -0.2) is 9.78 Å². The fourth-order valence-electron chi connectivity index (χ4n) is 2.94. The fourth-order valence-corrected chi connectivity index (χ4v) is 2.94. The van der Waals surface area contributed by atoms with E-state index in [1.807, 2.05) is 12.1 Å². The van der Waals surface area contributed by atoms with Crippen LogP contribution < -0.4 is 15.4 Å². The average Bonchev–Trinajstić information content (AvgIpc) is 3.11. The van der Waals surface area contributed by atoms with Gasteiger partial charge < -0.3 is 20.3 Å². The van der Waals surface area contributed by atoms with Gasteiger partial charge >= 0.3 is 12.2 Å². The molecule has 0 saturated carbocycles. The summed E-state index contributed by atoms with van der Waals surface area (Å²) >= 11 is 0. The van der Waals surface area contributed by atoms with E-state index in [9.17, 15) is 22.8 Å². The number of hydrogen-bond donors (Lipinski definition) is 2. The number of nitrogens with zero attached hydrogens (tertiary/aromatic N) is 2. The molecule has 2 aromatic rings. The van der Waals surface area contributed by atoms with E-state index in [1.165, 1.54) is 12.3 Å². The van der Waals surface area contributed by atoms with Crippen LogP contribution in [0.2, 0.25) is 0 Å². The SMILES string of the molecule is O=C(NCc1ccnc(OCC(F)(F)F)c1)Nc1ccc(CN2CCCC2=O)cc1. The molecule has 0 unspecified atom stereocenters. The Balaban J connectivity index is 1.46. The van der Waals surface area contributed by atoms with Crippen LogP contribution in [0.4, 0.5) is 23.7 Å². The molecular weight excluding hydrogens is 401 g/mol. The number of carbonyl (C=O) groups excluding carboxylic acids is 2. The second kappa shape index (κ2) is 9.47. The normalized spacial score (nSPS) is 14.0. The number of hydrogen-bond acceptors (Lipinski definition) is 4. The van der Waals surface area contributed by atoms with Gasteiger partial charge in [0.25, 0.3) is 0 Å². The molecule has 2 heterocycles. The number of aromatic nitrogens is 1. The first-order valence-corrected chi connectivity index (χ1v) is 9.34. The number of likely N-dealkylation sites (tertiary alicyclic amines) is 1. The summed E-state index contributed by atoms with van der Waals surface area (Å²) in [5.41, 5.74) is 2.09. The molecule has 2 N–H and O–H groups in total.